The molecule has 0 amide bonds. The minimum Gasteiger partial charge on any atom is -0.381 e. The van der Waals surface area contributed by atoms with Gasteiger partial charge < -0.3 is 4.74 Å². The Morgan fingerprint density at radius 2 is 2.00 bits per heavy atom. The molecule has 0 aliphatic rings. The number of hydrogen-bond donors (Lipinski definition) is 1. The highest BCUT2D eigenvalue weighted by Gasteiger charge is 2.21. The molecule has 0 bridgehead atoms. The van der Waals surface area contributed by atoms with E-state index in [0.29, 0.717) is 5.92 Å². The molecule has 1 atom stereocenters. The Balaban J connectivity index is 3.54. The number of nitrogens with one attached hydrogen (secondary N) is 1. The number of nitrogens with zero attached hydrogens (tertiary/aromatic N) is 1. The Labute approximate surface area is 113 Å². The van der Waals surface area contributed by atoms with Gasteiger partial charge in [0.15, 0.2) is 0 Å². The molecule has 0 rings (SSSR count). The summed E-state index contributed by atoms with van der Waals surface area (Å²) >= 11 is 0. The van der Waals surface area contributed by atoms with Crippen molar-refractivity contribution in [1.82, 2.24) is 5.32 Å². The van der Waals surface area contributed by atoms with Crippen LogP contribution >= 0.6 is 0 Å². The lowest BCUT2D eigenvalue weighted by Crippen LogP contribution is -2.41. The molecule has 0 saturated carbocycles. The van der Waals surface area contributed by atoms with E-state index in [9.17, 15) is 0 Å². The van der Waals surface area contributed by atoms with Crippen LogP contribution in [0.1, 0.15) is 59.8 Å². The van der Waals surface area contributed by atoms with Gasteiger partial charge >= 0.3 is 0 Å². The number of ether oxygens (including phenoxy) is 1. The van der Waals surface area contributed by atoms with Crippen LogP contribution in [0.15, 0.2) is 0 Å². The molecule has 0 fully saturated rings. The van der Waals surface area contributed by atoms with Gasteiger partial charge in [-0.15, -0.1) is 0 Å². The van der Waals surface area contributed by atoms with Crippen LogP contribution in [0.3, 0.4) is 0 Å². The van der Waals surface area contributed by atoms with Crippen molar-refractivity contribution in [2.45, 2.75) is 65.3 Å². The van der Waals surface area contributed by atoms with Gasteiger partial charge in [0, 0.05) is 13.2 Å². The molecule has 1 unspecified atom stereocenters. The predicted octanol–water partition coefficient (Wildman–Crippen LogP) is 3.50. The summed E-state index contributed by atoms with van der Waals surface area (Å²) in [6.07, 6.45) is 5.19. The topological polar surface area (TPSA) is 45.0 Å². The fourth-order valence-electron chi connectivity index (χ4n) is 1.69. The van der Waals surface area contributed by atoms with Crippen LogP contribution in [-0.4, -0.2) is 25.3 Å². The lowest BCUT2D eigenvalue weighted by molar-refractivity contribution is 0.118. The highest BCUT2D eigenvalue weighted by Crippen LogP contribution is 2.13. The number of nitriles is 1. The van der Waals surface area contributed by atoms with E-state index in [0.717, 1.165) is 51.9 Å². The third-order valence-corrected chi connectivity index (χ3v) is 3.07. The van der Waals surface area contributed by atoms with Crippen molar-refractivity contribution in [1.29, 1.82) is 5.26 Å². The third kappa shape index (κ3) is 9.44. The predicted molar refractivity (Wildman–Crippen MR) is 76.4 cm³/mol. The summed E-state index contributed by atoms with van der Waals surface area (Å²) in [6, 6.07) is 2.38. The van der Waals surface area contributed by atoms with Crippen molar-refractivity contribution >= 4 is 0 Å². The summed E-state index contributed by atoms with van der Waals surface area (Å²) in [5, 5.41) is 12.5. The van der Waals surface area contributed by atoms with E-state index in [-0.39, 0.29) is 5.54 Å². The molecular weight excluding hydrogens is 224 g/mol. The van der Waals surface area contributed by atoms with Crippen molar-refractivity contribution in [2.75, 3.05) is 19.8 Å². The fourth-order valence-corrected chi connectivity index (χ4v) is 1.69. The van der Waals surface area contributed by atoms with Crippen molar-refractivity contribution in [2.24, 2.45) is 5.92 Å². The van der Waals surface area contributed by atoms with Gasteiger partial charge in [0.25, 0.3) is 0 Å². The first-order valence-corrected chi connectivity index (χ1v) is 7.28. The molecule has 106 valence electrons. The van der Waals surface area contributed by atoms with E-state index in [4.69, 9.17) is 10.00 Å². The maximum absolute atomic E-state index is 9.17. The normalized spacial score (nSPS) is 14.4. The summed E-state index contributed by atoms with van der Waals surface area (Å²) in [6.45, 7) is 11.1. The van der Waals surface area contributed by atoms with E-state index < -0.39 is 0 Å². The summed E-state index contributed by atoms with van der Waals surface area (Å²) in [4.78, 5) is 0. The van der Waals surface area contributed by atoms with E-state index >= 15 is 0 Å². The van der Waals surface area contributed by atoms with Gasteiger partial charge in [-0.05, 0) is 51.5 Å². The van der Waals surface area contributed by atoms with Crippen LogP contribution in [0.5, 0.6) is 0 Å². The maximum atomic E-state index is 9.17. The molecular formula is C15H30N2O. The Hall–Kier alpha value is -0.590. The van der Waals surface area contributed by atoms with Gasteiger partial charge in [-0.3, -0.25) is 5.32 Å². The van der Waals surface area contributed by atoms with Crippen molar-refractivity contribution in [3.05, 3.63) is 0 Å². The highest BCUT2D eigenvalue weighted by molar-refractivity contribution is 5.03. The van der Waals surface area contributed by atoms with Crippen molar-refractivity contribution < 1.29 is 4.74 Å². The molecule has 18 heavy (non-hydrogen) atoms. The molecule has 1 N–H and O–H groups in total. The Kier molecular flexibility index (Phi) is 10.0. The lowest BCUT2D eigenvalue weighted by Gasteiger charge is -2.22. The first-order valence-electron chi connectivity index (χ1n) is 7.28. The standard InChI is InChI=1S/C15H30N2O/c1-5-10-17-15(4,13-16)9-6-7-11-18-12-8-14(2)3/h14,17H,5-12H2,1-4H3. The second-order valence-electron chi connectivity index (χ2n) is 5.62. The molecule has 0 spiro atoms. The van der Waals surface area contributed by atoms with Crippen LogP contribution in [0, 0.1) is 17.2 Å². The molecule has 0 heterocycles. The summed E-state index contributed by atoms with van der Waals surface area (Å²) in [7, 11) is 0. The zero-order valence-corrected chi connectivity index (χ0v) is 12.6. The Morgan fingerprint density at radius 1 is 1.28 bits per heavy atom. The van der Waals surface area contributed by atoms with Crippen molar-refractivity contribution in [3.8, 4) is 6.07 Å². The molecule has 0 aromatic heterocycles. The summed E-state index contributed by atoms with van der Waals surface area (Å²) in [5.41, 5.74) is -0.367. The van der Waals surface area contributed by atoms with E-state index in [1.54, 1.807) is 0 Å². The monoisotopic (exact) mass is 254 g/mol. The van der Waals surface area contributed by atoms with Gasteiger partial charge in [0.1, 0.15) is 5.54 Å². The van der Waals surface area contributed by atoms with Gasteiger partial charge in [-0.2, -0.15) is 5.26 Å². The maximum Gasteiger partial charge on any atom is 0.103 e. The number of rotatable bonds is 11. The molecule has 0 aliphatic heterocycles. The smallest absolute Gasteiger partial charge is 0.103 e. The van der Waals surface area contributed by atoms with Crippen LogP contribution in [0.2, 0.25) is 0 Å². The lowest BCUT2D eigenvalue weighted by atomic mass is 9.96. The van der Waals surface area contributed by atoms with Crippen LogP contribution in [-0.2, 0) is 4.74 Å². The molecule has 0 saturated heterocycles. The molecule has 0 aromatic rings. The minimum absolute atomic E-state index is 0.367. The van der Waals surface area contributed by atoms with Gasteiger partial charge in [0.05, 0.1) is 6.07 Å². The number of hydrogen-bond acceptors (Lipinski definition) is 3. The van der Waals surface area contributed by atoms with E-state index in [1.807, 2.05) is 6.92 Å². The summed E-state index contributed by atoms with van der Waals surface area (Å²) in [5.74, 6) is 0.713. The SMILES string of the molecule is CCCNC(C)(C#N)CCCCOCCC(C)C. The van der Waals surface area contributed by atoms with Gasteiger partial charge in [-0.1, -0.05) is 20.8 Å². The molecule has 0 aromatic carbocycles. The second-order valence-corrected chi connectivity index (χ2v) is 5.62. The molecule has 0 radical (unpaired) electrons. The third-order valence-electron chi connectivity index (χ3n) is 3.07. The summed E-state index contributed by atoms with van der Waals surface area (Å²) < 4.78 is 5.57. The van der Waals surface area contributed by atoms with Gasteiger partial charge in [0.2, 0.25) is 0 Å². The average Bonchev–Trinajstić information content (AvgIpc) is 2.35. The second kappa shape index (κ2) is 10.3. The molecule has 3 nitrogen and oxygen atoms in total. The van der Waals surface area contributed by atoms with Crippen LogP contribution in [0.25, 0.3) is 0 Å². The molecule has 0 aliphatic carbocycles. The van der Waals surface area contributed by atoms with Crippen molar-refractivity contribution in [3.63, 3.8) is 0 Å². The first-order chi connectivity index (χ1) is 8.54. The van der Waals surface area contributed by atoms with Crippen LogP contribution in [0.4, 0.5) is 0 Å². The highest BCUT2D eigenvalue weighted by atomic mass is 16.5. The first kappa shape index (κ1) is 17.4. The van der Waals surface area contributed by atoms with E-state index in [2.05, 4.69) is 32.2 Å². The zero-order chi connectivity index (χ0) is 13.9. The molecule has 3 heteroatoms. The Morgan fingerprint density at radius 3 is 2.56 bits per heavy atom. The number of unbranched alkanes of at least 4 members (excludes halogenated alkanes) is 1. The quantitative estimate of drug-likeness (QED) is 0.574. The minimum atomic E-state index is -0.367. The largest absolute Gasteiger partial charge is 0.381 e. The van der Waals surface area contributed by atoms with Gasteiger partial charge in [-0.25, -0.2) is 0 Å². The van der Waals surface area contributed by atoms with E-state index in [1.165, 1.54) is 0 Å². The fraction of sp³-hybridized carbons (Fsp3) is 0.933. The van der Waals surface area contributed by atoms with Crippen LogP contribution < -0.4 is 5.32 Å². The zero-order valence-electron chi connectivity index (χ0n) is 12.6. The average molecular weight is 254 g/mol. The Bertz CT molecular complexity index is 235.